The van der Waals surface area contributed by atoms with Crippen LogP contribution >= 0.6 is 0 Å². The van der Waals surface area contributed by atoms with Crippen LogP contribution in [0.2, 0.25) is 0 Å². The van der Waals surface area contributed by atoms with Crippen molar-refractivity contribution >= 4 is 16.9 Å². The van der Waals surface area contributed by atoms with E-state index in [0.29, 0.717) is 0 Å². The minimum absolute atomic E-state index is 0.829. The molecule has 4 rings (SSSR count). The van der Waals surface area contributed by atoms with Crippen molar-refractivity contribution in [3.05, 3.63) is 90.5 Å². The number of nitrogens with one attached hydrogen (secondary N) is 1. The van der Waals surface area contributed by atoms with Gasteiger partial charge in [-0.1, -0.05) is 55.1 Å². The van der Waals surface area contributed by atoms with Crippen LogP contribution in [0, 0.1) is 0 Å². The maximum atomic E-state index is 6.13. The highest BCUT2D eigenvalue weighted by atomic mass is 16.5. The molecule has 0 atom stereocenters. The van der Waals surface area contributed by atoms with Gasteiger partial charge in [0.25, 0.3) is 0 Å². The predicted molar refractivity (Wildman–Crippen MR) is 90.8 cm³/mol. The van der Waals surface area contributed by atoms with Crippen LogP contribution in [0.15, 0.2) is 79.4 Å². The van der Waals surface area contributed by atoms with Gasteiger partial charge in [0, 0.05) is 16.8 Å². The number of hydrogen-bond donors (Lipinski definition) is 1. The molecule has 1 heterocycles. The van der Waals surface area contributed by atoms with Crippen molar-refractivity contribution in [1.82, 2.24) is 0 Å². The molecule has 3 aromatic rings. The van der Waals surface area contributed by atoms with E-state index in [1.54, 1.807) is 0 Å². The van der Waals surface area contributed by atoms with Crippen molar-refractivity contribution in [2.45, 2.75) is 0 Å². The summed E-state index contributed by atoms with van der Waals surface area (Å²) in [5, 5.41) is 3.42. The molecule has 1 aliphatic heterocycles. The number of para-hydroxylation sites is 3. The summed E-state index contributed by atoms with van der Waals surface area (Å²) in [5.74, 6) is 1.68. The van der Waals surface area contributed by atoms with Crippen molar-refractivity contribution in [3.8, 4) is 11.5 Å². The number of hydrogen-bond acceptors (Lipinski definition) is 2. The first-order valence-corrected chi connectivity index (χ1v) is 7.24. The van der Waals surface area contributed by atoms with E-state index in [4.69, 9.17) is 4.74 Å². The summed E-state index contributed by atoms with van der Waals surface area (Å²) >= 11 is 0. The van der Waals surface area contributed by atoms with E-state index in [2.05, 4.69) is 11.9 Å². The van der Waals surface area contributed by atoms with Gasteiger partial charge < -0.3 is 10.1 Å². The molecule has 1 aliphatic rings. The first kappa shape index (κ1) is 12.7. The predicted octanol–water partition coefficient (Wildman–Crippen LogP) is 5.60. The lowest BCUT2D eigenvalue weighted by Gasteiger charge is -2.24. The molecule has 0 unspecified atom stereocenters. The minimum atomic E-state index is 0.829. The van der Waals surface area contributed by atoms with Gasteiger partial charge in [-0.2, -0.15) is 0 Å². The number of benzene rings is 3. The number of fused-ring (bicyclic) bond motifs is 2. The fourth-order valence-electron chi connectivity index (χ4n) is 2.72. The van der Waals surface area contributed by atoms with Crippen molar-refractivity contribution in [1.29, 1.82) is 0 Å². The van der Waals surface area contributed by atoms with Gasteiger partial charge in [-0.05, 0) is 29.8 Å². The highest BCUT2D eigenvalue weighted by Gasteiger charge is 2.22. The van der Waals surface area contributed by atoms with Gasteiger partial charge in [-0.15, -0.1) is 0 Å². The molecule has 0 aliphatic carbocycles. The number of ether oxygens (including phenoxy) is 1. The molecule has 0 saturated carbocycles. The SMILES string of the molecule is C=C1c2ccccc2Oc2c(Nc3ccccc3)cccc21. The van der Waals surface area contributed by atoms with Crippen LogP contribution < -0.4 is 10.1 Å². The Labute approximate surface area is 129 Å². The zero-order chi connectivity index (χ0) is 14.9. The quantitative estimate of drug-likeness (QED) is 0.518. The van der Waals surface area contributed by atoms with Gasteiger partial charge in [-0.3, -0.25) is 0 Å². The molecule has 0 fully saturated rings. The molecule has 0 aromatic heterocycles. The topological polar surface area (TPSA) is 21.3 Å². The summed E-state index contributed by atoms with van der Waals surface area (Å²) < 4.78 is 6.13. The largest absolute Gasteiger partial charge is 0.454 e. The third-order valence-corrected chi connectivity index (χ3v) is 3.82. The van der Waals surface area contributed by atoms with E-state index < -0.39 is 0 Å². The Balaban J connectivity index is 1.79. The maximum absolute atomic E-state index is 6.13. The second-order valence-corrected chi connectivity index (χ2v) is 5.25. The van der Waals surface area contributed by atoms with Gasteiger partial charge in [0.05, 0.1) is 5.69 Å². The van der Waals surface area contributed by atoms with Crippen molar-refractivity contribution < 1.29 is 4.74 Å². The van der Waals surface area contributed by atoms with E-state index in [1.807, 2.05) is 72.8 Å². The Bertz CT molecular complexity index is 853. The summed E-state index contributed by atoms with van der Waals surface area (Å²) in [6, 6.07) is 24.2. The molecule has 22 heavy (non-hydrogen) atoms. The molecular formula is C20H15NO. The highest BCUT2D eigenvalue weighted by Crippen LogP contribution is 2.46. The Kier molecular flexibility index (Phi) is 2.94. The second-order valence-electron chi connectivity index (χ2n) is 5.25. The Morgan fingerprint density at radius 2 is 1.45 bits per heavy atom. The van der Waals surface area contributed by atoms with Crippen molar-refractivity contribution in [2.75, 3.05) is 5.32 Å². The van der Waals surface area contributed by atoms with Crippen LogP contribution in [0.1, 0.15) is 11.1 Å². The molecule has 2 heteroatoms. The molecule has 0 bridgehead atoms. The summed E-state index contributed by atoms with van der Waals surface area (Å²) in [6.07, 6.45) is 0. The van der Waals surface area contributed by atoms with Gasteiger partial charge in [0.2, 0.25) is 0 Å². The number of anilines is 2. The summed E-state index contributed by atoms with van der Waals surface area (Å²) in [5.41, 5.74) is 5.04. The third-order valence-electron chi connectivity index (χ3n) is 3.82. The van der Waals surface area contributed by atoms with Crippen LogP contribution in [0.5, 0.6) is 11.5 Å². The van der Waals surface area contributed by atoms with E-state index in [1.165, 1.54) is 0 Å². The molecule has 0 saturated heterocycles. The minimum Gasteiger partial charge on any atom is -0.454 e. The molecule has 0 amide bonds. The van der Waals surface area contributed by atoms with E-state index in [-0.39, 0.29) is 0 Å². The van der Waals surface area contributed by atoms with Crippen molar-refractivity contribution in [2.24, 2.45) is 0 Å². The first-order valence-electron chi connectivity index (χ1n) is 7.24. The zero-order valence-corrected chi connectivity index (χ0v) is 12.0. The van der Waals surface area contributed by atoms with Gasteiger partial charge in [0.15, 0.2) is 5.75 Å². The second kappa shape index (κ2) is 5.08. The molecule has 0 spiro atoms. The first-order chi connectivity index (χ1) is 10.8. The van der Waals surface area contributed by atoms with Gasteiger partial charge >= 0.3 is 0 Å². The highest BCUT2D eigenvalue weighted by molar-refractivity contribution is 5.90. The molecule has 3 aromatic carbocycles. The van der Waals surface area contributed by atoms with Crippen LogP contribution in [0.3, 0.4) is 0 Å². The average molecular weight is 285 g/mol. The molecule has 106 valence electrons. The monoisotopic (exact) mass is 285 g/mol. The average Bonchev–Trinajstić information content (AvgIpc) is 2.57. The molecule has 2 nitrogen and oxygen atoms in total. The standard InChI is InChI=1S/C20H15NO/c1-14-16-10-5-6-13-19(16)22-20-17(14)11-7-12-18(20)21-15-8-3-2-4-9-15/h2-13,21H,1H2. The Hall–Kier alpha value is -3.00. The zero-order valence-electron chi connectivity index (χ0n) is 12.0. The van der Waals surface area contributed by atoms with Crippen LogP contribution in [0.4, 0.5) is 11.4 Å². The number of rotatable bonds is 2. The van der Waals surface area contributed by atoms with E-state index in [0.717, 1.165) is 39.6 Å². The molecule has 0 radical (unpaired) electrons. The lowest BCUT2D eigenvalue weighted by atomic mass is 9.95. The van der Waals surface area contributed by atoms with E-state index in [9.17, 15) is 0 Å². The summed E-state index contributed by atoms with van der Waals surface area (Å²) in [4.78, 5) is 0. The summed E-state index contributed by atoms with van der Waals surface area (Å²) in [7, 11) is 0. The normalized spacial score (nSPS) is 12.1. The van der Waals surface area contributed by atoms with Gasteiger partial charge in [0.1, 0.15) is 5.75 Å². The van der Waals surface area contributed by atoms with Crippen LogP contribution in [0.25, 0.3) is 5.57 Å². The van der Waals surface area contributed by atoms with Crippen LogP contribution in [-0.2, 0) is 0 Å². The smallest absolute Gasteiger partial charge is 0.158 e. The Morgan fingerprint density at radius 1 is 0.727 bits per heavy atom. The van der Waals surface area contributed by atoms with Crippen LogP contribution in [-0.4, -0.2) is 0 Å². The maximum Gasteiger partial charge on any atom is 0.158 e. The third kappa shape index (κ3) is 2.06. The molecular weight excluding hydrogens is 270 g/mol. The lowest BCUT2D eigenvalue weighted by Crippen LogP contribution is -2.04. The van der Waals surface area contributed by atoms with Crippen molar-refractivity contribution in [3.63, 3.8) is 0 Å². The lowest BCUT2D eigenvalue weighted by molar-refractivity contribution is 0.476. The van der Waals surface area contributed by atoms with E-state index >= 15 is 0 Å². The van der Waals surface area contributed by atoms with Gasteiger partial charge in [-0.25, -0.2) is 0 Å². The fourth-order valence-corrected chi connectivity index (χ4v) is 2.72. The Morgan fingerprint density at radius 3 is 2.32 bits per heavy atom. The fraction of sp³-hybridized carbons (Fsp3) is 0. The summed E-state index contributed by atoms with van der Waals surface area (Å²) in [6.45, 7) is 4.24. The molecule has 1 N–H and O–H groups in total.